The normalized spacial score (nSPS) is 15.5. The molecule has 3 aromatic carbocycles. The number of rotatable bonds is 4. The summed E-state index contributed by atoms with van der Waals surface area (Å²) in [5.74, 6) is -0.650. The first kappa shape index (κ1) is 19.7. The molecule has 0 spiro atoms. The monoisotopic (exact) mass is 477 g/mol. The predicted molar refractivity (Wildman–Crippen MR) is 120 cm³/mol. The van der Waals surface area contributed by atoms with E-state index in [2.05, 4.69) is 15.9 Å². The summed E-state index contributed by atoms with van der Waals surface area (Å²) in [4.78, 5) is 28.4. The molecule has 0 radical (unpaired) electrons. The number of benzene rings is 3. The highest BCUT2D eigenvalue weighted by Gasteiger charge is 2.42. The van der Waals surface area contributed by atoms with Crippen molar-refractivity contribution >= 4 is 32.8 Å². The van der Waals surface area contributed by atoms with Crippen LogP contribution in [0.5, 0.6) is 0 Å². The molecule has 1 amide bonds. The average molecular weight is 478 g/mol. The molecule has 2 heterocycles. The van der Waals surface area contributed by atoms with Crippen LogP contribution in [-0.2, 0) is 6.42 Å². The molecule has 4 aromatic rings. The van der Waals surface area contributed by atoms with Gasteiger partial charge in [0.15, 0.2) is 5.43 Å². The zero-order chi connectivity index (χ0) is 21.5. The van der Waals surface area contributed by atoms with E-state index < -0.39 is 6.04 Å². The van der Waals surface area contributed by atoms with Crippen LogP contribution in [-0.4, -0.2) is 17.4 Å². The topological polar surface area (TPSA) is 50.5 Å². The lowest BCUT2D eigenvalue weighted by Gasteiger charge is -2.25. The average Bonchev–Trinajstić information content (AvgIpc) is 3.06. The number of carbonyl (C=O) groups is 1. The summed E-state index contributed by atoms with van der Waals surface area (Å²) >= 11 is 3.39. The Hall–Kier alpha value is -3.25. The fourth-order valence-corrected chi connectivity index (χ4v) is 4.47. The number of nitrogens with zero attached hydrogens (tertiary/aromatic N) is 1. The van der Waals surface area contributed by atoms with Gasteiger partial charge in [-0.1, -0.05) is 58.4 Å². The Bertz CT molecular complexity index is 1350. The Morgan fingerprint density at radius 2 is 1.71 bits per heavy atom. The highest BCUT2D eigenvalue weighted by molar-refractivity contribution is 9.10. The molecular weight excluding hydrogens is 461 g/mol. The lowest BCUT2D eigenvalue weighted by molar-refractivity contribution is 0.0730. The van der Waals surface area contributed by atoms with Gasteiger partial charge in [-0.15, -0.1) is 0 Å². The molecule has 31 heavy (non-hydrogen) atoms. The van der Waals surface area contributed by atoms with Crippen LogP contribution < -0.4 is 5.43 Å². The molecule has 5 rings (SSSR count). The minimum atomic E-state index is -0.633. The van der Waals surface area contributed by atoms with Gasteiger partial charge in [0.05, 0.1) is 17.0 Å². The molecule has 1 aromatic heterocycles. The van der Waals surface area contributed by atoms with E-state index in [0.29, 0.717) is 35.1 Å². The van der Waals surface area contributed by atoms with Crippen LogP contribution >= 0.6 is 15.9 Å². The van der Waals surface area contributed by atoms with Gasteiger partial charge < -0.3 is 9.32 Å². The molecule has 0 saturated carbocycles. The maximum atomic E-state index is 13.6. The third-order valence-electron chi connectivity index (χ3n) is 5.60. The highest BCUT2D eigenvalue weighted by atomic mass is 79.9. The van der Waals surface area contributed by atoms with Gasteiger partial charge in [0.2, 0.25) is 5.76 Å². The number of hydrogen-bond acceptors (Lipinski definition) is 3. The molecule has 6 heteroatoms. The summed E-state index contributed by atoms with van der Waals surface area (Å²) in [5.41, 5.74) is 2.17. The van der Waals surface area contributed by atoms with Crippen LogP contribution in [0.3, 0.4) is 0 Å². The molecule has 154 valence electrons. The fourth-order valence-electron chi connectivity index (χ4n) is 4.11. The van der Waals surface area contributed by atoms with Crippen molar-refractivity contribution in [2.24, 2.45) is 0 Å². The molecule has 1 atom stereocenters. The lowest BCUT2D eigenvalue weighted by Crippen LogP contribution is -2.31. The first-order chi connectivity index (χ1) is 15.0. The van der Waals surface area contributed by atoms with Crippen molar-refractivity contribution < 1.29 is 13.6 Å². The molecule has 1 aliphatic rings. The van der Waals surface area contributed by atoms with Crippen molar-refractivity contribution in [3.63, 3.8) is 0 Å². The van der Waals surface area contributed by atoms with Gasteiger partial charge in [0.25, 0.3) is 5.91 Å². The quantitative estimate of drug-likeness (QED) is 0.390. The molecule has 0 bridgehead atoms. The summed E-state index contributed by atoms with van der Waals surface area (Å²) in [6, 6.07) is 20.2. The van der Waals surface area contributed by atoms with Crippen LogP contribution in [0.15, 0.2) is 86.5 Å². The molecule has 1 unspecified atom stereocenters. The first-order valence-electron chi connectivity index (χ1n) is 9.89. The van der Waals surface area contributed by atoms with Gasteiger partial charge in [0.1, 0.15) is 11.4 Å². The third-order valence-corrected chi connectivity index (χ3v) is 6.09. The van der Waals surface area contributed by atoms with E-state index in [-0.39, 0.29) is 22.9 Å². The number of halogens is 2. The summed E-state index contributed by atoms with van der Waals surface area (Å²) < 4.78 is 20.2. The van der Waals surface area contributed by atoms with E-state index >= 15 is 0 Å². The minimum Gasteiger partial charge on any atom is -0.450 e. The first-order valence-corrected chi connectivity index (χ1v) is 10.7. The van der Waals surface area contributed by atoms with Crippen LogP contribution in [0.2, 0.25) is 0 Å². The lowest BCUT2D eigenvalue weighted by atomic mass is 9.98. The van der Waals surface area contributed by atoms with Gasteiger partial charge in [-0.05, 0) is 47.9 Å². The largest absolute Gasteiger partial charge is 0.450 e. The number of amides is 1. The Kier molecular flexibility index (Phi) is 4.94. The molecule has 0 fully saturated rings. The Balaban J connectivity index is 1.66. The summed E-state index contributed by atoms with van der Waals surface area (Å²) in [6.07, 6.45) is 0.623. The smallest absolute Gasteiger partial charge is 0.290 e. The molecule has 0 aliphatic carbocycles. The van der Waals surface area contributed by atoms with Crippen molar-refractivity contribution in [3.05, 3.63) is 116 Å². The SMILES string of the molecule is O=C1c2oc3ccc(Br)cc3c(=O)c2C(c2ccc(F)cc2)N1CCc1ccccc1. The van der Waals surface area contributed by atoms with E-state index in [9.17, 15) is 14.0 Å². The molecule has 4 nitrogen and oxygen atoms in total. The molecular formula is C25H17BrFNO3. The molecule has 0 saturated heterocycles. The van der Waals surface area contributed by atoms with Crippen LogP contribution in [0, 0.1) is 5.82 Å². The Morgan fingerprint density at radius 1 is 0.968 bits per heavy atom. The van der Waals surface area contributed by atoms with Gasteiger partial charge in [-0.3, -0.25) is 9.59 Å². The van der Waals surface area contributed by atoms with E-state index in [1.165, 1.54) is 12.1 Å². The third kappa shape index (κ3) is 3.47. The second kappa shape index (κ2) is 7.78. The zero-order valence-corrected chi connectivity index (χ0v) is 17.9. The molecule has 1 aliphatic heterocycles. The summed E-state index contributed by atoms with van der Waals surface area (Å²) in [5, 5.41) is 0.401. The second-order valence-corrected chi connectivity index (χ2v) is 8.42. The standard InChI is InChI=1S/C25H17BrFNO3/c26-17-8-11-20-19(14-17)23(29)21-22(16-6-9-18(27)10-7-16)28(25(30)24(21)31-20)13-12-15-4-2-1-3-5-15/h1-11,14,22H,12-13H2. The van der Waals surface area contributed by atoms with Gasteiger partial charge >= 0.3 is 0 Å². The Labute approximate surface area is 186 Å². The Morgan fingerprint density at radius 3 is 2.45 bits per heavy atom. The molecule has 0 N–H and O–H groups in total. The maximum absolute atomic E-state index is 13.6. The minimum absolute atomic E-state index is 0.0576. The maximum Gasteiger partial charge on any atom is 0.290 e. The van der Waals surface area contributed by atoms with Gasteiger partial charge in [0, 0.05) is 11.0 Å². The van der Waals surface area contributed by atoms with Gasteiger partial charge in [-0.25, -0.2) is 4.39 Å². The van der Waals surface area contributed by atoms with Crippen molar-refractivity contribution in [3.8, 4) is 0 Å². The van der Waals surface area contributed by atoms with Crippen LogP contribution in [0.4, 0.5) is 4.39 Å². The van der Waals surface area contributed by atoms with Gasteiger partial charge in [-0.2, -0.15) is 0 Å². The van der Waals surface area contributed by atoms with Crippen LogP contribution in [0.1, 0.15) is 33.3 Å². The van der Waals surface area contributed by atoms with E-state index in [1.54, 1.807) is 35.2 Å². The predicted octanol–water partition coefficient (Wildman–Crippen LogP) is 5.48. The van der Waals surface area contributed by atoms with Crippen molar-refractivity contribution in [1.82, 2.24) is 4.90 Å². The van der Waals surface area contributed by atoms with E-state index in [1.807, 2.05) is 30.3 Å². The van der Waals surface area contributed by atoms with Crippen molar-refractivity contribution in [2.75, 3.05) is 6.54 Å². The van der Waals surface area contributed by atoms with Crippen molar-refractivity contribution in [2.45, 2.75) is 12.5 Å². The highest BCUT2D eigenvalue weighted by Crippen LogP contribution is 2.38. The number of carbonyl (C=O) groups excluding carboxylic acids is 1. The fraction of sp³-hybridized carbons (Fsp3) is 0.120. The summed E-state index contributed by atoms with van der Waals surface area (Å²) in [7, 11) is 0. The number of fused-ring (bicyclic) bond motifs is 2. The van der Waals surface area contributed by atoms with Crippen molar-refractivity contribution in [1.29, 1.82) is 0 Å². The number of hydrogen-bond donors (Lipinski definition) is 0. The van der Waals surface area contributed by atoms with Crippen LogP contribution in [0.25, 0.3) is 11.0 Å². The zero-order valence-electron chi connectivity index (χ0n) is 16.3. The van der Waals surface area contributed by atoms with E-state index in [0.717, 1.165) is 10.0 Å². The second-order valence-electron chi connectivity index (χ2n) is 7.50. The summed E-state index contributed by atoms with van der Waals surface area (Å²) in [6.45, 7) is 0.397. The van der Waals surface area contributed by atoms with E-state index in [4.69, 9.17) is 4.42 Å².